The smallest absolute Gasteiger partial charge is 0.144 e. The molecule has 5 aromatic carbocycles. The first kappa shape index (κ1) is 30.4. The maximum absolute atomic E-state index is 5.40. The van der Waals surface area contributed by atoms with Gasteiger partial charge in [0.25, 0.3) is 0 Å². The molecule has 5 heterocycles. The van der Waals surface area contributed by atoms with E-state index in [1.807, 2.05) is 72.8 Å². The van der Waals surface area contributed by atoms with Crippen LogP contribution >= 0.6 is 0 Å². The van der Waals surface area contributed by atoms with Crippen molar-refractivity contribution in [1.29, 1.82) is 0 Å². The molecule has 53 heavy (non-hydrogen) atoms. The fraction of sp³-hybridized carbons (Fsp3) is 0. The summed E-state index contributed by atoms with van der Waals surface area (Å²) in [6.07, 6.45) is 3.58. The first-order valence-electron chi connectivity index (χ1n) is 17.4. The van der Waals surface area contributed by atoms with E-state index in [1.165, 1.54) is 0 Å². The molecule has 10 aromatic rings. The van der Waals surface area contributed by atoms with Crippen LogP contribution in [0.4, 0.5) is 0 Å². The number of benzene rings is 5. The molecular formula is C46H28N6O. The minimum absolute atomic E-state index is 0.718. The maximum Gasteiger partial charge on any atom is 0.144 e. The van der Waals surface area contributed by atoms with Crippen molar-refractivity contribution in [1.82, 2.24) is 30.2 Å². The van der Waals surface area contributed by atoms with E-state index in [2.05, 4.69) is 105 Å². The lowest BCUT2D eigenvalue weighted by Gasteiger charge is -2.14. The molecule has 0 radical (unpaired) electrons. The molecule has 0 unspecified atom stereocenters. The average molecular weight is 681 g/mol. The van der Waals surface area contributed by atoms with Crippen molar-refractivity contribution in [2.45, 2.75) is 0 Å². The van der Waals surface area contributed by atoms with E-state index in [-0.39, 0.29) is 0 Å². The van der Waals surface area contributed by atoms with Crippen LogP contribution in [0, 0.1) is 0 Å². The van der Waals surface area contributed by atoms with Crippen LogP contribution in [0.2, 0.25) is 0 Å². The molecule has 0 saturated carbocycles. The zero-order chi connectivity index (χ0) is 35.1. The summed E-state index contributed by atoms with van der Waals surface area (Å²) < 4.78 is 5.40. The number of pyridine rings is 4. The standard InChI is InChI=1S/C46H28N6O/c1-3-11-31(12-4-1)36-28-37-43(46-45(36)51-53-52-46)35-22-21-33(25-40(35)50-44(37)32-13-5-2-6-14-32)29-17-19-30(20-18-29)34-26-41(38-15-7-9-23-47-38)49-42(27-34)39-16-8-10-24-48-39/h1-28H. The normalized spacial score (nSPS) is 11.4. The first-order chi connectivity index (χ1) is 26.3. The Morgan fingerprint density at radius 2 is 0.962 bits per heavy atom. The van der Waals surface area contributed by atoms with Gasteiger partial charge < -0.3 is 0 Å². The molecule has 0 bridgehead atoms. The Balaban J connectivity index is 1.10. The molecular weight excluding hydrogens is 653 g/mol. The van der Waals surface area contributed by atoms with Crippen molar-refractivity contribution in [3.8, 4) is 67.4 Å². The number of aromatic nitrogens is 6. The lowest BCUT2D eigenvalue weighted by molar-refractivity contribution is 0.316. The van der Waals surface area contributed by atoms with E-state index in [9.17, 15) is 0 Å². The van der Waals surface area contributed by atoms with Crippen molar-refractivity contribution >= 4 is 32.7 Å². The molecule has 7 nitrogen and oxygen atoms in total. The van der Waals surface area contributed by atoms with Crippen molar-refractivity contribution in [2.75, 3.05) is 0 Å². The van der Waals surface area contributed by atoms with Crippen LogP contribution in [0.15, 0.2) is 175 Å². The van der Waals surface area contributed by atoms with Crippen molar-refractivity contribution < 1.29 is 4.63 Å². The molecule has 0 aliphatic carbocycles. The van der Waals surface area contributed by atoms with Crippen molar-refractivity contribution in [3.63, 3.8) is 0 Å². The van der Waals surface area contributed by atoms with Gasteiger partial charge in [0.1, 0.15) is 11.0 Å². The maximum atomic E-state index is 5.40. The Morgan fingerprint density at radius 3 is 1.60 bits per heavy atom. The lowest BCUT2D eigenvalue weighted by atomic mass is 9.93. The van der Waals surface area contributed by atoms with Gasteiger partial charge in [-0.2, -0.15) is 0 Å². The molecule has 0 aliphatic heterocycles. The van der Waals surface area contributed by atoms with E-state index >= 15 is 0 Å². The van der Waals surface area contributed by atoms with Crippen molar-refractivity contribution in [3.05, 3.63) is 170 Å². The van der Waals surface area contributed by atoms with Gasteiger partial charge in [-0.25, -0.2) is 14.6 Å². The summed E-state index contributed by atoms with van der Waals surface area (Å²) >= 11 is 0. The van der Waals surface area contributed by atoms with E-state index in [0.717, 1.165) is 100 Å². The fourth-order valence-electron chi connectivity index (χ4n) is 7.09. The predicted molar refractivity (Wildman–Crippen MR) is 211 cm³/mol. The number of hydrogen-bond donors (Lipinski definition) is 0. The average Bonchev–Trinajstić information content (AvgIpc) is 3.74. The van der Waals surface area contributed by atoms with Crippen LogP contribution in [0.1, 0.15) is 0 Å². The fourth-order valence-corrected chi connectivity index (χ4v) is 7.09. The zero-order valence-electron chi connectivity index (χ0n) is 28.3. The molecule has 0 atom stereocenters. The molecule has 10 rings (SSSR count). The third kappa shape index (κ3) is 5.48. The lowest BCUT2D eigenvalue weighted by Crippen LogP contribution is -1.94. The molecule has 0 amide bonds. The van der Waals surface area contributed by atoms with Crippen LogP contribution in [-0.2, 0) is 0 Å². The van der Waals surface area contributed by atoms with E-state index in [1.54, 1.807) is 12.4 Å². The van der Waals surface area contributed by atoms with Gasteiger partial charge in [-0.1, -0.05) is 109 Å². The molecule has 7 heteroatoms. The topological polar surface area (TPSA) is 90.5 Å². The minimum Gasteiger partial charge on any atom is -0.255 e. The summed E-state index contributed by atoms with van der Waals surface area (Å²) in [5, 5.41) is 11.8. The monoisotopic (exact) mass is 680 g/mol. The van der Waals surface area contributed by atoms with Crippen LogP contribution in [0.3, 0.4) is 0 Å². The summed E-state index contributed by atoms with van der Waals surface area (Å²) in [6.45, 7) is 0. The summed E-state index contributed by atoms with van der Waals surface area (Å²) in [7, 11) is 0. The number of hydrogen-bond acceptors (Lipinski definition) is 7. The second-order valence-electron chi connectivity index (χ2n) is 12.9. The molecule has 0 aliphatic rings. The largest absolute Gasteiger partial charge is 0.255 e. The Hall–Kier alpha value is -7.38. The van der Waals surface area contributed by atoms with Crippen LogP contribution in [-0.4, -0.2) is 30.2 Å². The van der Waals surface area contributed by atoms with Gasteiger partial charge in [0.15, 0.2) is 0 Å². The summed E-state index contributed by atoms with van der Waals surface area (Å²) in [5.41, 5.74) is 13.7. The Labute approximate surface area is 304 Å². The van der Waals surface area contributed by atoms with E-state index < -0.39 is 0 Å². The van der Waals surface area contributed by atoms with Gasteiger partial charge in [-0.05, 0) is 86.7 Å². The summed E-state index contributed by atoms with van der Waals surface area (Å²) in [5.74, 6) is 0. The second-order valence-corrected chi connectivity index (χ2v) is 12.9. The predicted octanol–water partition coefficient (Wildman–Crippen LogP) is 11.1. The van der Waals surface area contributed by atoms with Crippen molar-refractivity contribution in [2.24, 2.45) is 0 Å². The summed E-state index contributed by atoms with van der Waals surface area (Å²) in [6, 6.07) is 53.7. The number of nitrogens with zero attached hydrogens (tertiary/aromatic N) is 6. The Bertz CT molecular complexity index is 2860. The third-order valence-corrected chi connectivity index (χ3v) is 9.66. The van der Waals surface area contributed by atoms with Crippen LogP contribution in [0.25, 0.3) is 100 Å². The van der Waals surface area contributed by atoms with E-state index in [0.29, 0.717) is 0 Å². The van der Waals surface area contributed by atoms with Gasteiger partial charge >= 0.3 is 0 Å². The molecule has 0 spiro atoms. The van der Waals surface area contributed by atoms with Crippen LogP contribution in [0.5, 0.6) is 0 Å². The quantitative estimate of drug-likeness (QED) is 0.161. The number of rotatable bonds is 6. The molecule has 0 fully saturated rings. The molecule has 0 N–H and O–H groups in total. The zero-order valence-corrected chi connectivity index (χ0v) is 28.3. The van der Waals surface area contributed by atoms with Gasteiger partial charge in [-0.3, -0.25) is 9.97 Å². The highest BCUT2D eigenvalue weighted by Crippen LogP contribution is 2.41. The number of fused-ring (bicyclic) bond motifs is 5. The highest BCUT2D eigenvalue weighted by atomic mass is 16.6. The van der Waals surface area contributed by atoms with Gasteiger partial charge in [0.05, 0.1) is 34.0 Å². The molecule has 248 valence electrons. The van der Waals surface area contributed by atoms with Gasteiger partial charge in [0.2, 0.25) is 0 Å². The first-order valence-corrected chi connectivity index (χ1v) is 17.4. The SMILES string of the molecule is c1ccc(-c2nc3cc(-c4ccc(-c5cc(-c6ccccn6)nc(-c6ccccn6)c5)cc4)ccc3c3c2cc(-c2ccccc2)c2nonc23)cc1. The van der Waals surface area contributed by atoms with Crippen LogP contribution < -0.4 is 0 Å². The third-order valence-electron chi connectivity index (χ3n) is 9.66. The molecule has 0 saturated heterocycles. The Kier molecular flexibility index (Phi) is 7.32. The van der Waals surface area contributed by atoms with E-state index in [4.69, 9.17) is 14.6 Å². The summed E-state index contributed by atoms with van der Waals surface area (Å²) in [4.78, 5) is 19.4. The van der Waals surface area contributed by atoms with Gasteiger partial charge in [-0.15, -0.1) is 0 Å². The Morgan fingerprint density at radius 1 is 0.377 bits per heavy atom. The highest BCUT2D eigenvalue weighted by molar-refractivity contribution is 6.23. The second kappa shape index (κ2) is 12.7. The van der Waals surface area contributed by atoms with Gasteiger partial charge in [0, 0.05) is 39.7 Å². The highest BCUT2D eigenvalue weighted by Gasteiger charge is 2.20. The minimum atomic E-state index is 0.718. The molecule has 5 aromatic heterocycles.